The Balaban J connectivity index is 2.06. The van der Waals surface area contributed by atoms with Gasteiger partial charge < -0.3 is 0 Å². The number of rotatable bonds is 2. The normalized spacial score (nSPS) is 10.6. The third kappa shape index (κ3) is 2.43. The van der Waals surface area contributed by atoms with Crippen LogP contribution in [0.15, 0.2) is 36.7 Å². The fourth-order valence-corrected chi connectivity index (χ4v) is 1.98. The van der Waals surface area contributed by atoms with E-state index in [-0.39, 0.29) is 0 Å². The molecule has 5 nitrogen and oxygen atoms in total. The fraction of sp³-hybridized carbons (Fsp3) is 0. The molecule has 19 heavy (non-hydrogen) atoms. The second-order valence-corrected chi connectivity index (χ2v) is 4.64. The standard InChI is InChI=1S/C12H7Cl2N5/c13-10-2-1-7(4-11(10)14)8-3-9(6-15-5-8)12-16-18-19-17-12/h1-6H,(H,16,17,18,19). The second-order valence-electron chi connectivity index (χ2n) is 3.83. The number of aromatic amines is 1. The van der Waals surface area contributed by atoms with Gasteiger partial charge >= 0.3 is 0 Å². The van der Waals surface area contributed by atoms with Crippen LogP contribution >= 0.6 is 23.2 Å². The van der Waals surface area contributed by atoms with Crippen LogP contribution < -0.4 is 0 Å². The van der Waals surface area contributed by atoms with Gasteiger partial charge in [0.2, 0.25) is 5.82 Å². The monoisotopic (exact) mass is 291 g/mol. The first-order chi connectivity index (χ1) is 9.24. The van der Waals surface area contributed by atoms with Gasteiger partial charge in [-0.2, -0.15) is 5.21 Å². The predicted octanol–water partition coefficient (Wildman–Crippen LogP) is 3.24. The molecule has 0 radical (unpaired) electrons. The summed E-state index contributed by atoms with van der Waals surface area (Å²) in [6.07, 6.45) is 3.41. The molecule has 2 aromatic heterocycles. The van der Waals surface area contributed by atoms with Crippen LogP contribution in [0.1, 0.15) is 0 Å². The number of tetrazole rings is 1. The van der Waals surface area contributed by atoms with Crippen LogP contribution in [0.4, 0.5) is 0 Å². The first-order valence-corrected chi connectivity index (χ1v) is 6.14. The Morgan fingerprint density at radius 2 is 1.74 bits per heavy atom. The zero-order chi connectivity index (χ0) is 13.2. The molecule has 0 saturated heterocycles. The van der Waals surface area contributed by atoms with Crippen molar-refractivity contribution < 1.29 is 0 Å². The molecule has 0 amide bonds. The van der Waals surface area contributed by atoms with Crippen molar-refractivity contribution >= 4 is 23.2 Å². The number of halogens is 2. The van der Waals surface area contributed by atoms with Crippen LogP contribution in [0.2, 0.25) is 10.0 Å². The summed E-state index contributed by atoms with van der Waals surface area (Å²) in [6, 6.07) is 7.34. The van der Waals surface area contributed by atoms with Gasteiger partial charge in [-0.25, -0.2) is 0 Å². The van der Waals surface area contributed by atoms with Gasteiger partial charge in [0.15, 0.2) is 0 Å². The number of pyridine rings is 1. The Labute approximate surface area is 118 Å². The average molecular weight is 292 g/mol. The van der Waals surface area contributed by atoms with Crippen molar-refractivity contribution in [3.8, 4) is 22.5 Å². The van der Waals surface area contributed by atoms with Gasteiger partial charge in [-0.3, -0.25) is 4.98 Å². The minimum atomic E-state index is 0.495. The minimum Gasteiger partial charge on any atom is -0.263 e. The van der Waals surface area contributed by atoms with Gasteiger partial charge in [0.05, 0.1) is 10.0 Å². The topological polar surface area (TPSA) is 67.3 Å². The number of H-pyrrole nitrogens is 1. The van der Waals surface area contributed by atoms with Crippen molar-refractivity contribution in [2.75, 3.05) is 0 Å². The van der Waals surface area contributed by atoms with E-state index in [0.717, 1.165) is 16.7 Å². The molecular weight excluding hydrogens is 285 g/mol. The van der Waals surface area contributed by atoms with E-state index in [4.69, 9.17) is 23.2 Å². The van der Waals surface area contributed by atoms with E-state index in [2.05, 4.69) is 25.6 Å². The zero-order valence-corrected chi connectivity index (χ0v) is 11.0. The summed E-state index contributed by atoms with van der Waals surface area (Å²) < 4.78 is 0. The molecule has 2 heterocycles. The molecule has 0 bridgehead atoms. The van der Waals surface area contributed by atoms with Crippen molar-refractivity contribution in [2.24, 2.45) is 0 Å². The van der Waals surface area contributed by atoms with E-state index in [1.807, 2.05) is 12.1 Å². The molecule has 0 unspecified atom stereocenters. The third-order valence-corrected chi connectivity index (χ3v) is 3.33. The number of hydrogen-bond donors (Lipinski definition) is 1. The van der Waals surface area contributed by atoms with E-state index in [1.54, 1.807) is 24.5 Å². The summed E-state index contributed by atoms with van der Waals surface area (Å²) >= 11 is 11.9. The largest absolute Gasteiger partial charge is 0.263 e. The summed E-state index contributed by atoms with van der Waals surface area (Å²) in [5, 5.41) is 14.8. The van der Waals surface area contributed by atoms with E-state index >= 15 is 0 Å². The molecule has 0 aliphatic carbocycles. The Morgan fingerprint density at radius 3 is 2.47 bits per heavy atom. The molecule has 3 aromatic rings. The molecule has 7 heteroatoms. The van der Waals surface area contributed by atoms with Gasteiger partial charge in [-0.15, -0.1) is 10.2 Å². The Kier molecular flexibility index (Phi) is 3.15. The second kappa shape index (κ2) is 4.95. The van der Waals surface area contributed by atoms with Crippen LogP contribution in [0, 0.1) is 0 Å². The number of benzene rings is 1. The molecule has 0 aliphatic rings. The maximum Gasteiger partial charge on any atom is 0.206 e. The third-order valence-electron chi connectivity index (χ3n) is 2.59. The first kappa shape index (κ1) is 12.1. The zero-order valence-electron chi connectivity index (χ0n) is 9.51. The lowest BCUT2D eigenvalue weighted by molar-refractivity contribution is 0.881. The lowest BCUT2D eigenvalue weighted by atomic mass is 10.1. The lowest BCUT2D eigenvalue weighted by Crippen LogP contribution is -1.86. The van der Waals surface area contributed by atoms with Gasteiger partial charge in [-0.1, -0.05) is 29.3 Å². The minimum absolute atomic E-state index is 0.495. The summed E-state index contributed by atoms with van der Waals surface area (Å²) in [5.74, 6) is 0.495. The Morgan fingerprint density at radius 1 is 0.895 bits per heavy atom. The highest BCUT2D eigenvalue weighted by molar-refractivity contribution is 6.42. The smallest absolute Gasteiger partial charge is 0.206 e. The molecule has 0 saturated carbocycles. The summed E-state index contributed by atoms with van der Waals surface area (Å²) in [7, 11) is 0. The van der Waals surface area contributed by atoms with E-state index in [9.17, 15) is 0 Å². The van der Waals surface area contributed by atoms with Crippen LogP contribution in [0.3, 0.4) is 0 Å². The Bertz CT molecular complexity index is 712. The van der Waals surface area contributed by atoms with Crippen molar-refractivity contribution in [1.82, 2.24) is 25.6 Å². The number of nitrogens with one attached hydrogen (secondary N) is 1. The molecule has 0 spiro atoms. The number of nitrogens with zero attached hydrogens (tertiary/aromatic N) is 4. The van der Waals surface area contributed by atoms with E-state index in [0.29, 0.717) is 15.9 Å². The summed E-state index contributed by atoms with van der Waals surface area (Å²) in [5.41, 5.74) is 2.60. The summed E-state index contributed by atoms with van der Waals surface area (Å²) in [6.45, 7) is 0. The molecular formula is C12H7Cl2N5. The SMILES string of the molecule is Clc1ccc(-c2cncc(-c3nn[nH]n3)c2)cc1Cl. The molecule has 1 aromatic carbocycles. The first-order valence-electron chi connectivity index (χ1n) is 5.38. The van der Waals surface area contributed by atoms with Crippen LogP contribution in [0.5, 0.6) is 0 Å². The van der Waals surface area contributed by atoms with Crippen LogP contribution in [-0.4, -0.2) is 25.6 Å². The summed E-state index contributed by atoms with van der Waals surface area (Å²) in [4.78, 5) is 4.17. The highest BCUT2D eigenvalue weighted by Gasteiger charge is 2.07. The average Bonchev–Trinajstić information content (AvgIpc) is 2.96. The molecule has 94 valence electrons. The Hall–Kier alpha value is -1.98. The highest BCUT2D eigenvalue weighted by atomic mass is 35.5. The van der Waals surface area contributed by atoms with Crippen LogP contribution in [-0.2, 0) is 0 Å². The molecule has 0 aliphatic heterocycles. The quantitative estimate of drug-likeness (QED) is 0.787. The maximum atomic E-state index is 6.01. The van der Waals surface area contributed by atoms with Gasteiger partial charge in [-0.05, 0) is 29.0 Å². The number of hydrogen-bond acceptors (Lipinski definition) is 4. The van der Waals surface area contributed by atoms with E-state index in [1.165, 1.54) is 0 Å². The van der Waals surface area contributed by atoms with E-state index < -0.39 is 0 Å². The highest BCUT2D eigenvalue weighted by Crippen LogP contribution is 2.29. The molecule has 3 rings (SSSR count). The number of aromatic nitrogens is 5. The lowest BCUT2D eigenvalue weighted by Gasteiger charge is -2.04. The predicted molar refractivity (Wildman–Crippen MR) is 72.9 cm³/mol. The fourth-order valence-electron chi connectivity index (χ4n) is 1.68. The van der Waals surface area contributed by atoms with Crippen LogP contribution in [0.25, 0.3) is 22.5 Å². The van der Waals surface area contributed by atoms with Crippen molar-refractivity contribution in [2.45, 2.75) is 0 Å². The van der Waals surface area contributed by atoms with Gasteiger partial charge in [0.25, 0.3) is 0 Å². The van der Waals surface area contributed by atoms with Gasteiger partial charge in [0.1, 0.15) is 0 Å². The van der Waals surface area contributed by atoms with Gasteiger partial charge in [0, 0.05) is 23.5 Å². The van der Waals surface area contributed by atoms with Crippen molar-refractivity contribution in [1.29, 1.82) is 0 Å². The molecule has 0 fully saturated rings. The molecule has 1 N–H and O–H groups in total. The maximum absolute atomic E-state index is 6.01. The van der Waals surface area contributed by atoms with Crippen molar-refractivity contribution in [3.05, 3.63) is 46.7 Å². The van der Waals surface area contributed by atoms with Crippen molar-refractivity contribution in [3.63, 3.8) is 0 Å². The molecule has 0 atom stereocenters.